The monoisotopic (exact) mass is 197 g/mol. The number of ether oxygens (including phenoxy) is 1. The van der Waals surface area contributed by atoms with Gasteiger partial charge in [0.15, 0.2) is 0 Å². The summed E-state index contributed by atoms with van der Waals surface area (Å²) in [5.41, 5.74) is 2.34. The Kier molecular flexibility index (Phi) is 4.62. The summed E-state index contributed by atoms with van der Waals surface area (Å²) in [4.78, 5) is 7.73. The second-order valence-electron chi connectivity index (χ2n) is 3.28. The van der Waals surface area contributed by atoms with Crippen molar-refractivity contribution < 1.29 is 4.74 Å². The van der Waals surface area contributed by atoms with Gasteiger partial charge in [0.25, 0.3) is 0 Å². The molecule has 0 fully saturated rings. The number of imidazole rings is 1. The van der Waals surface area contributed by atoms with Crippen molar-refractivity contribution in [3.05, 3.63) is 17.2 Å². The Bertz CT molecular complexity index is 270. The topological polar surface area (TPSA) is 49.9 Å². The summed E-state index contributed by atoms with van der Waals surface area (Å²) in [6, 6.07) is 0. The van der Waals surface area contributed by atoms with Crippen LogP contribution in [0.3, 0.4) is 0 Å². The summed E-state index contributed by atoms with van der Waals surface area (Å²) < 4.78 is 4.94. The molecular formula is C10H19N3O. The maximum Gasteiger partial charge on any atom is 0.120 e. The van der Waals surface area contributed by atoms with Gasteiger partial charge in [-0.25, -0.2) is 4.98 Å². The van der Waals surface area contributed by atoms with E-state index in [9.17, 15) is 0 Å². The van der Waals surface area contributed by atoms with Crippen LogP contribution in [-0.4, -0.2) is 30.2 Å². The van der Waals surface area contributed by atoms with Crippen molar-refractivity contribution in [1.82, 2.24) is 15.3 Å². The number of aromatic nitrogens is 2. The van der Waals surface area contributed by atoms with Crippen LogP contribution in [0.1, 0.15) is 24.1 Å². The zero-order valence-corrected chi connectivity index (χ0v) is 9.18. The van der Waals surface area contributed by atoms with E-state index in [4.69, 9.17) is 4.74 Å². The van der Waals surface area contributed by atoms with Gasteiger partial charge in [-0.2, -0.15) is 0 Å². The Morgan fingerprint density at radius 1 is 1.50 bits per heavy atom. The average molecular weight is 197 g/mol. The first kappa shape index (κ1) is 11.2. The molecule has 0 radical (unpaired) electrons. The molecule has 0 aliphatic carbocycles. The summed E-state index contributed by atoms with van der Waals surface area (Å²) in [5.74, 6) is 1.01. The molecule has 0 saturated heterocycles. The van der Waals surface area contributed by atoms with Crippen molar-refractivity contribution in [3.8, 4) is 0 Å². The molecule has 0 aliphatic heterocycles. The Hall–Kier alpha value is -0.870. The SMILES string of the molecule is CCc1nc(CNCCOC)[nH]c1C. The number of H-pyrrole nitrogens is 1. The second-order valence-corrected chi connectivity index (χ2v) is 3.28. The van der Waals surface area contributed by atoms with Gasteiger partial charge in [0.2, 0.25) is 0 Å². The molecule has 0 saturated carbocycles. The van der Waals surface area contributed by atoms with Crippen molar-refractivity contribution in [3.63, 3.8) is 0 Å². The summed E-state index contributed by atoms with van der Waals surface area (Å²) >= 11 is 0. The van der Waals surface area contributed by atoms with Gasteiger partial charge in [-0.3, -0.25) is 0 Å². The predicted molar refractivity (Wildman–Crippen MR) is 56.3 cm³/mol. The normalized spacial score (nSPS) is 10.8. The standard InChI is InChI=1S/C10H19N3O/c1-4-9-8(2)12-10(13-9)7-11-5-6-14-3/h11H,4-7H2,1-3H3,(H,12,13). The molecule has 1 aromatic heterocycles. The Morgan fingerprint density at radius 2 is 2.29 bits per heavy atom. The van der Waals surface area contributed by atoms with Crippen molar-refractivity contribution in [2.24, 2.45) is 0 Å². The van der Waals surface area contributed by atoms with Crippen LogP contribution in [0.25, 0.3) is 0 Å². The molecule has 14 heavy (non-hydrogen) atoms. The highest BCUT2D eigenvalue weighted by molar-refractivity contribution is 5.12. The lowest BCUT2D eigenvalue weighted by Gasteiger charge is -2.00. The van der Waals surface area contributed by atoms with E-state index in [0.717, 1.165) is 37.6 Å². The smallest absolute Gasteiger partial charge is 0.120 e. The molecule has 0 amide bonds. The molecule has 2 N–H and O–H groups in total. The lowest BCUT2D eigenvalue weighted by molar-refractivity contribution is 0.199. The van der Waals surface area contributed by atoms with E-state index in [1.165, 1.54) is 5.69 Å². The highest BCUT2D eigenvalue weighted by Crippen LogP contribution is 2.04. The molecule has 1 rings (SSSR count). The van der Waals surface area contributed by atoms with Gasteiger partial charge in [-0.15, -0.1) is 0 Å². The highest BCUT2D eigenvalue weighted by Gasteiger charge is 2.03. The van der Waals surface area contributed by atoms with Crippen molar-refractivity contribution in [2.75, 3.05) is 20.3 Å². The van der Waals surface area contributed by atoms with E-state index < -0.39 is 0 Å². The van der Waals surface area contributed by atoms with Gasteiger partial charge >= 0.3 is 0 Å². The molecular weight excluding hydrogens is 178 g/mol. The van der Waals surface area contributed by atoms with Crippen LogP contribution >= 0.6 is 0 Å². The molecule has 4 nitrogen and oxygen atoms in total. The maximum absolute atomic E-state index is 4.94. The van der Waals surface area contributed by atoms with Gasteiger partial charge in [0, 0.05) is 19.3 Å². The number of nitrogens with one attached hydrogen (secondary N) is 2. The molecule has 0 spiro atoms. The Balaban J connectivity index is 2.35. The number of nitrogens with zero attached hydrogens (tertiary/aromatic N) is 1. The number of hydrogen-bond acceptors (Lipinski definition) is 3. The summed E-state index contributed by atoms with van der Waals surface area (Å²) in [5, 5.41) is 3.25. The molecule has 1 aromatic rings. The molecule has 80 valence electrons. The number of aryl methyl sites for hydroxylation is 2. The zero-order chi connectivity index (χ0) is 10.4. The zero-order valence-electron chi connectivity index (χ0n) is 9.18. The Morgan fingerprint density at radius 3 is 2.86 bits per heavy atom. The lowest BCUT2D eigenvalue weighted by Crippen LogP contribution is -2.19. The van der Waals surface area contributed by atoms with Crippen LogP contribution in [-0.2, 0) is 17.7 Å². The fourth-order valence-corrected chi connectivity index (χ4v) is 1.37. The van der Waals surface area contributed by atoms with Gasteiger partial charge in [0.05, 0.1) is 18.8 Å². The number of rotatable bonds is 6. The minimum Gasteiger partial charge on any atom is -0.383 e. The third-order valence-electron chi connectivity index (χ3n) is 2.14. The molecule has 1 heterocycles. The van der Waals surface area contributed by atoms with E-state index >= 15 is 0 Å². The molecule has 4 heteroatoms. The first-order valence-electron chi connectivity index (χ1n) is 5.02. The van der Waals surface area contributed by atoms with Crippen molar-refractivity contribution in [1.29, 1.82) is 0 Å². The van der Waals surface area contributed by atoms with Gasteiger partial charge < -0.3 is 15.0 Å². The van der Waals surface area contributed by atoms with Crippen molar-refractivity contribution >= 4 is 0 Å². The lowest BCUT2D eigenvalue weighted by atomic mass is 10.3. The van der Waals surface area contributed by atoms with Gasteiger partial charge in [-0.1, -0.05) is 6.92 Å². The van der Waals surface area contributed by atoms with E-state index in [1.54, 1.807) is 7.11 Å². The molecule has 0 aromatic carbocycles. The van der Waals surface area contributed by atoms with Crippen LogP contribution in [0.5, 0.6) is 0 Å². The van der Waals surface area contributed by atoms with E-state index in [0.29, 0.717) is 0 Å². The molecule has 0 atom stereocenters. The fraction of sp³-hybridized carbons (Fsp3) is 0.700. The number of hydrogen-bond donors (Lipinski definition) is 2. The highest BCUT2D eigenvalue weighted by atomic mass is 16.5. The Labute approximate surface area is 85.1 Å². The minimum atomic E-state index is 0.736. The third-order valence-corrected chi connectivity index (χ3v) is 2.14. The van der Waals surface area contributed by atoms with E-state index in [1.807, 2.05) is 0 Å². The molecule has 0 bridgehead atoms. The first-order valence-corrected chi connectivity index (χ1v) is 5.02. The van der Waals surface area contributed by atoms with Crippen LogP contribution in [0.15, 0.2) is 0 Å². The third kappa shape index (κ3) is 3.12. The predicted octanol–water partition coefficient (Wildman–Crippen LogP) is 1.02. The van der Waals surface area contributed by atoms with Crippen LogP contribution in [0.2, 0.25) is 0 Å². The second kappa shape index (κ2) is 5.78. The van der Waals surface area contributed by atoms with E-state index in [2.05, 4.69) is 29.1 Å². The van der Waals surface area contributed by atoms with Gasteiger partial charge in [0.1, 0.15) is 5.82 Å². The minimum absolute atomic E-state index is 0.736. The summed E-state index contributed by atoms with van der Waals surface area (Å²) in [6.07, 6.45) is 0.987. The molecule has 0 aliphatic rings. The van der Waals surface area contributed by atoms with Gasteiger partial charge in [-0.05, 0) is 13.3 Å². The number of methoxy groups -OCH3 is 1. The quantitative estimate of drug-likeness (QED) is 0.669. The number of aromatic amines is 1. The van der Waals surface area contributed by atoms with Crippen LogP contribution in [0, 0.1) is 6.92 Å². The first-order chi connectivity index (χ1) is 6.77. The summed E-state index contributed by atoms with van der Waals surface area (Å²) in [7, 11) is 1.70. The van der Waals surface area contributed by atoms with Crippen LogP contribution < -0.4 is 5.32 Å². The largest absolute Gasteiger partial charge is 0.383 e. The summed E-state index contributed by atoms with van der Waals surface area (Å²) in [6.45, 7) is 6.55. The van der Waals surface area contributed by atoms with Crippen molar-refractivity contribution in [2.45, 2.75) is 26.8 Å². The molecule has 0 unspecified atom stereocenters. The van der Waals surface area contributed by atoms with Crippen LogP contribution in [0.4, 0.5) is 0 Å². The fourth-order valence-electron chi connectivity index (χ4n) is 1.37. The van der Waals surface area contributed by atoms with E-state index in [-0.39, 0.29) is 0 Å². The maximum atomic E-state index is 4.94. The average Bonchev–Trinajstić information content (AvgIpc) is 2.54.